The second kappa shape index (κ2) is 4.78. The van der Waals surface area contributed by atoms with Gasteiger partial charge < -0.3 is 19.5 Å². The molecule has 12 heavy (non-hydrogen) atoms. The molecule has 0 aromatic carbocycles. The van der Waals surface area contributed by atoms with Crippen LogP contribution in [0.3, 0.4) is 0 Å². The highest BCUT2D eigenvalue weighted by Gasteiger charge is 2.30. The van der Waals surface area contributed by atoms with Gasteiger partial charge in [-0.2, -0.15) is 0 Å². The molecular formula is C4H4B2O6. The van der Waals surface area contributed by atoms with Crippen LogP contribution in [0.15, 0.2) is 0 Å². The highest BCUT2D eigenvalue weighted by Crippen LogP contribution is 1.97. The van der Waals surface area contributed by atoms with E-state index in [2.05, 4.69) is 25.4 Å². The fourth-order valence-electron chi connectivity index (χ4n) is 0.397. The number of carbonyl (C=O) groups excluding carboxylic acids is 2. The predicted octanol–water partition coefficient (Wildman–Crippen LogP) is -3.04. The number of carbonyl (C=O) groups is 2. The van der Waals surface area contributed by atoms with Gasteiger partial charge in [0, 0.05) is 0 Å². The van der Waals surface area contributed by atoms with Crippen LogP contribution in [0, 0.1) is 0 Å². The van der Waals surface area contributed by atoms with Crippen molar-refractivity contribution >= 4 is 28.0 Å². The Hall–Kier alpha value is -1.01. The first-order valence-electron chi connectivity index (χ1n) is 2.71. The molecule has 2 unspecified atom stereocenters. The standard InChI is InChI=1S/C4H4B2O6/c5-11-3(9)1(7)2(8)4(10)12-6/h1-2,7-8H. The van der Waals surface area contributed by atoms with E-state index in [-0.39, 0.29) is 0 Å². The average Bonchev–Trinajstić information content (AvgIpc) is 2.12. The maximum absolute atomic E-state index is 10.4. The summed E-state index contributed by atoms with van der Waals surface area (Å²) >= 11 is 0. The summed E-state index contributed by atoms with van der Waals surface area (Å²) in [6.07, 6.45) is -4.21. The van der Waals surface area contributed by atoms with E-state index >= 15 is 0 Å². The molecule has 0 aromatic rings. The van der Waals surface area contributed by atoms with E-state index in [0.717, 1.165) is 0 Å². The van der Waals surface area contributed by atoms with Gasteiger partial charge >= 0.3 is 28.0 Å². The third-order valence-corrected chi connectivity index (χ3v) is 1.01. The fraction of sp³-hybridized carbons (Fsp3) is 0.500. The Morgan fingerprint density at radius 2 is 1.25 bits per heavy atom. The Bertz CT molecular complexity index is 162. The van der Waals surface area contributed by atoms with Gasteiger partial charge in [-0.3, -0.25) is 9.59 Å². The van der Waals surface area contributed by atoms with Gasteiger partial charge in [0.25, 0.3) is 0 Å². The fourth-order valence-corrected chi connectivity index (χ4v) is 0.397. The van der Waals surface area contributed by atoms with Crippen molar-refractivity contribution < 1.29 is 29.1 Å². The van der Waals surface area contributed by atoms with Crippen molar-refractivity contribution in [1.29, 1.82) is 0 Å². The first kappa shape index (κ1) is 11.0. The molecule has 2 atom stereocenters. The lowest BCUT2D eigenvalue weighted by molar-refractivity contribution is -0.162. The molecule has 0 aliphatic carbocycles. The molecule has 0 rings (SSSR count). The van der Waals surface area contributed by atoms with Crippen molar-refractivity contribution in [2.24, 2.45) is 0 Å². The van der Waals surface area contributed by atoms with Gasteiger partial charge in [-0.05, 0) is 0 Å². The van der Waals surface area contributed by atoms with Gasteiger partial charge in [0.1, 0.15) is 0 Å². The number of rotatable bonds is 3. The third kappa shape index (κ3) is 2.55. The van der Waals surface area contributed by atoms with Crippen LogP contribution in [-0.2, 0) is 18.9 Å². The summed E-state index contributed by atoms with van der Waals surface area (Å²) in [6, 6.07) is 0. The topological polar surface area (TPSA) is 93.1 Å². The van der Waals surface area contributed by atoms with Gasteiger partial charge in [0.05, 0.1) is 0 Å². The maximum Gasteiger partial charge on any atom is 0.378 e. The van der Waals surface area contributed by atoms with Crippen LogP contribution >= 0.6 is 0 Å². The molecule has 0 amide bonds. The molecular weight excluding hydrogens is 166 g/mol. The Kier molecular flexibility index (Phi) is 4.38. The Balaban J connectivity index is 4.18. The van der Waals surface area contributed by atoms with E-state index in [9.17, 15) is 9.59 Å². The Morgan fingerprint density at radius 1 is 1.00 bits per heavy atom. The number of hydrogen-bond acceptors (Lipinski definition) is 6. The van der Waals surface area contributed by atoms with E-state index in [1.54, 1.807) is 0 Å². The van der Waals surface area contributed by atoms with E-state index in [1.807, 2.05) is 0 Å². The Labute approximate surface area is 70.3 Å². The highest BCUT2D eigenvalue weighted by molar-refractivity contribution is 6.08. The molecule has 0 heterocycles. The second-order valence-corrected chi connectivity index (χ2v) is 1.76. The highest BCUT2D eigenvalue weighted by atomic mass is 16.5. The van der Waals surface area contributed by atoms with Gasteiger partial charge in [-0.25, -0.2) is 0 Å². The summed E-state index contributed by atoms with van der Waals surface area (Å²) in [6.45, 7) is 0. The minimum absolute atomic E-state index is 1.37. The van der Waals surface area contributed by atoms with Crippen molar-refractivity contribution in [2.45, 2.75) is 12.2 Å². The average molecular weight is 170 g/mol. The van der Waals surface area contributed by atoms with Crippen LogP contribution in [0.2, 0.25) is 0 Å². The molecule has 2 N–H and O–H groups in total. The molecule has 62 valence electrons. The van der Waals surface area contributed by atoms with Crippen molar-refractivity contribution in [3.8, 4) is 0 Å². The summed E-state index contributed by atoms with van der Waals surface area (Å²) in [5.41, 5.74) is 0. The molecule has 0 aliphatic rings. The molecule has 0 saturated carbocycles. The predicted molar refractivity (Wildman–Crippen MR) is 35.7 cm³/mol. The Morgan fingerprint density at radius 3 is 1.42 bits per heavy atom. The lowest BCUT2D eigenvalue weighted by Crippen LogP contribution is -2.41. The number of aliphatic hydroxyl groups is 2. The first-order valence-corrected chi connectivity index (χ1v) is 2.71. The molecule has 6 nitrogen and oxygen atoms in total. The van der Waals surface area contributed by atoms with Crippen molar-refractivity contribution in [2.75, 3.05) is 0 Å². The maximum atomic E-state index is 10.4. The molecule has 0 aromatic heterocycles. The molecule has 0 aliphatic heterocycles. The molecule has 4 radical (unpaired) electrons. The zero-order valence-electron chi connectivity index (χ0n) is 5.84. The quantitative estimate of drug-likeness (QED) is 0.437. The van der Waals surface area contributed by atoms with Crippen LogP contribution in [-0.4, -0.2) is 50.5 Å². The minimum Gasteiger partial charge on any atom is -0.541 e. The SMILES string of the molecule is [B]OC(=O)C(O)C(O)C(=O)O[B]. The van der Waals surface area contributed by atoms with Crippen molar-refractivity contribution in [3.63, 3.8) is 0 Å². The zero-order chi connectivity index (χ0) is 9.72. The van der Waals surface area contributed by atoms with E-state index in [0.29, 0.717) is 0 Å². The van der Waals surface area contributed by atoms with E-state index < -0.39 is 24.1 Å². The van der Waals surface area contributed by atoms with Gasteiger partial charge in [0.2, 0.25) is 0 Å². The lowest BCUT2D eigenvalue weighted by atomic mass is 10.2. The minimum atomic E-state index is -2.11. The van der Waals surface area contributed by atoms with Crippen LogP contribution in [0.1, 0.15) is 0 Å². The summed E-state index contributed by atoms with van der Waals surface area (Å²) in [5.74, 6) is -2.74. The third-order valence-electron chi connectivity index (χ3n) is 1.01. The summed E-state index contributed by atoms with van der Waals surface area (Å²) in [5, 5.41) is 17.5. The second-order valence-electron chi connectivity index (χ2n) is 1.76. The van der Waals surface area contributed by atoms with E-state index in [1.165, 1.54) is 0 Å². The largest absolute Gasteiger partial charge is 0.541 e. The number of hydrogen-bond donors (Lipinski definition) is 2. The smallest absolute Gasteiger partial charge is 0.378 e. The summed E-state index contributed by atoms with van der Waals surface area (Å²) in [7, 11) is 8.70. The van der Waals surface area contributed by atoms with Gasteiger partial charge in [0.15, 0.2) is 12.2 Å². The van der Waals surface area contributed by atoms with Crippen LogP contribution < -0.4 is 0 Å². The van der Waals surface area contributed by atoms with Crippen LogP contribution in [0.25, 0.3) is 0 Å². The molecule has 0 fully saturated rings. The lowest BCUT2D eigenvalue weighted by Gasteiger charge is -2.13. The summed E-state index contributed by atoms with van der Waals surface area (Å²) < 4.78 is 7.06. The van der Waals surface area contributed by atoms with Gasteiger partial charge in [-0.15, -0.1) is 0 Å². The van der Waals surface area contributed by atoms with Crippen LogP contribution in [0.5, 0.6) is 0 Å². The molecule has 8 heteroatoms. The monoisotopic (exact) mass is 170 g/mol. The van der Waals surface area contributed by atoms with Crippen LogP contribution in [0.4, 0.5) is 0 Å². The summed E-state index contributed by atoms with van der Waals surface area (Å²) in [4.78, 5) is 20.7. The molecule has 0 saturated heterocycles. The normalized spacial score (nSPS) is 14.5. The number of aliphatic hydroxyl groups excluding tert-OH is 2. The van der Waals surface area contributed by atoms with E-state index in [4.69, 9.17) is 10.2 Å². The zero-order valence-corrected chi connectivity index (χ0v) is 5.84. The van der Waals surface area contributed by atoms with Crippen molar-refractivity contribution in [1.82, 2.24) is 0 Å². The first-order chi connectivity index (χ1) is 5.54. The van der Waals surface area contributed by atoms with Gasteiger partial charge in [-0.1, -0.05) is 0 Å². The van der Waals surface area contributed by atoms with Crippen molar-refractivity contribution in [3.05, 3.63) is 0 Å². The molecule has 0 bridgehead atoms. The molecule has 0 spiro atoms.